The first-order valence-electron chi connectivity index (χ1n) is 7.84. The molecule has 0 aromatic carbocycles. The van der Waals surface area contributed by atoms with Gasteiger partial charge in [-0.2, -0.15) is 11.8 Å². The van der Waals surface area contributed by atoms with Crippen LogP contribution in [0.15, 0.2) is 11.6 Å². The molecule has 20 heavy (non-hydrogen) atoms. The zero-order valence-electron chi connectivity index (χ0n) is 13.5. The molecule has 0 aliphatic heterocycles. The fraction of sp³-hybridized carbons (Fsp3) is 0.824. The van der Waals surface area contributed by atoms with E-state index in [0.29, 0.717) is 12.0 Å². The summed E-state index contributed by atoms with van der Waals surface area (Å²) in [6.07, 6.45) is 9.32. The molecule has 114 valence electrons. The van der Waals surface area contributed by atoms with Gasteiger partial charge >= 0.3 is 0 Å². The molecule has 2 aliphatic carbocycles. The van der Waals surface area contributed by atoms with Crippen molar-refractivity contribution in [1.82, 2.24) is 5.32 Å². The molecule has 0 unspecified atom stereocenters. The molecule has 2 aliphatic rings. The van der Waals surface area contributed by atoms with E-state index in [0.717, 1.165) is 18.1 Å². The van der Waals surface area contributed by atoms with Gasteiger partial charge in [-0.15, -0.1) is 0 Å². The van der Waals surface area contributed by atoms with E-state index >= 15 is 0 Å². The van der Waals surface area contributed by atoms with Crippen molar-refractivity contribution >= 4 is 17.7 Å². The van der Waals surface area contributed by atoms with Crippen molar-refractivity contribution in [3.63, 3.8) is 0 Å². The highest BCUT2D eigenvalue weighted by molar-refractivity contribution is 7.99. The van der Waals surface area contributed by atoms with Gasteiger partial charge in [0.25, 0.3) is 0 Å². The standard InChI is InChI=1S/C17H29NOS/c1-11(2)9-14-15(17(14,3)4)16(19)18-12-7-6-8-13(10-12)20-5/h9,12-15H,6-8,10H2,1-5H3,(H,18,19)/t12-,13+,14-,15-/m0/s1. The molecule has 0 aromatic rings. The molecule has 2 nitrogen and oxygen atoms in total. The third kappa shape index (κ3) is 3.41. The Kier molecular flexibility index (Phi) is 4.88. The summed E-state index contributed by atoms with van der Waals surface area (Å²) in [5.41, 5.74) is 1.45. The van der Waals surface area contributed by atoms with Crippen LogP contribution in [0.25, 0.3) is 0 Å². The molecule has 0 radical (unpaired) electrons. The Morgan fingerprint density at radius 1 is 1.30 bits per heavy atom. The van der Waals surface area contributed by atoms with Gasteiger partial charge in [-0.25, -0.2) is 0 Å². The number of rotatable bonds is 4. The lowest BCUT2D eigenvalue weighted by atomic mass is 9.94. The molecule has 1 N–H and O–H groups in total. The second-order valence-electron chi connectivity index (χ2n) is 7.30. The molecule has 0 saturated heterocycles. The van der Waals surface area contributed by atoms with Crippen LogP contribution < -0.4 is 5.32 Å². The Bertz CT molecular complexity index is 398. The lowest BCUT2D eigenvalue weighted by molar-refractivity contribution is -0.124. The molecule has 0 aromatic heterocycles. The predicted molar refractivity (Wildman–Crippen MR) is 87.9 cm³/mol. The zero-order chi connectivity index (χ0) is 14.9. The largest absolute Gasteiger partial charge is 0.353 e. The molecule has 4 atom stereocenters. The van der Waals surface area contributed by atoms with Gasteiger partial charge in [-0.3, -0.25) is 4.79 Å². The Labute approximate surface area is 128 Å². The second kappa shape index (κ2) is 6.13. The van der Waals surface area contributed by atoms with Crippen molar-refractivity contribution in [3.05, 3.63) is 11.6 Å². The van der Waals surface area contributed by atoms with Crippen LogP contribution in [0.4, 0.5) is 0 Å². The van der Waals surface area contributed by atoms with Crippen LogP contribution in [-0.4, -0.2) is 23.5 Å². The predicted octanol–water partition coefficient (Wildman–Crippen LogP) is 4.02. The summed E-state index contributed by atoms with van der Waals surface area (Å²) in [5.74, 6) is 0.878. The molecule has 2 fully saturated rings. The number of hydrogen-bond donors (Lipinski definition) is 1. The van der Waals surface area contributed by atoms with E-state index < -0.39 is 0 Å². The monoisotopic (exact) mass is 295 g/mol. The maximum Gasteiger partial charge on any atom is 0.224 e. The van der Waals surface area contributed by atoms with E-state index in [1.165, 1.54) is 18.4 Å². The third-order valence-corrected chi connectivity index (χ3v) is 6.11. The highest BCUT2D eigenvalue weighted by Crippen LogP contribution is 2.59. The van der Waals surface area contributed by atoms with Crippen LogP contribution in [-0.2, 0) is 4.79 Å². The third-order valence-electron chi connectivity index (χ3n) is 5.01. The summed E-state index contributed by atoms with van der Waals surface area (Å²) in [6.45, 7) is 8.67. The van der Waals surface area contributed by atoms with Gasteiger partial charge in [0.15, 0.2) is 0 Å². The van der Waals surface area contributed by atoms with Crippen molar-refractivity contribution in [2.45, 2.75) is 64.7 Å². The smallest absolute Gasteiger partial charge is 0.224 e. The number of hydrogen-bond acceptors (Lipinski definition) is 2. The first-order chi connectivity index (χ1) is 9.36. The number of amides is 1. The molecule has 1 amide bonds. The van der Waals surface area contributed by atoms with Crippen LogP contribution in [0.3, 0.4) is 0 Å². The second-order valence-corrected chi connectivity index (χ2v) is 8.44. The van der Waals surface area contributed by atoms with E-state index in [9.17, 15) is 4.79 Å². The lowest BCUT2D eigenvalue weighted by Gasteiger charge is -2.28. The topological polar surface area (TPSA) is 29.1 Å². The van der Waals surface area contributed by atoms with Crippen molar-refractivity contribution in [1.29, 1.82) is 0 Å². The quantitative estimate of drug-likeness (QED) is 0.794. The summed E-state index contributed by atoms with van der Waals surface area (Å²) in [4.78, 5) is 12.5. The highest BCUT2D eigenvalue weighted by Gasteiger charge is 2.60. The van der Waals surface area contributed by atoms with Gasteiger partial charge in [-0.1, -0.05) is 31.9 Å². The highest BCUT2D eigenvalue weighted by atomic mass is 32.2. The van der Waals surface area contributed by atoms with Crippen molar-refractivity contribution in [2.75, 3.05) is 6.26 Å². The number of carbonyl (C=O) groups excluding carboxylic acids is 1. The molecule has 3 heteroatoms. The van der Waals surface area contributed by atoms with Crippen molar-refractivity contribution < 1.29 is 4.79 Å². The Hall–Kier alpha value is -0.440. The van der Waals surface area contributed by atoms with E-state index in [4.69, 9.17) is 0 Å². The van der Waals surface area contributed by atoms with Crippen LogP contribution in [0.5, 0.6) is 0 Å². The van der Waals surface area contributed by atoms with E-state index in [-0.39, 0.29) is 17.2 Å². The van der Waals surface area contributed by atoms with Gasteiger partial charge in [0.2, 0.25) is 5.91 Å². The average molecular weight is 295 g/mol. The van der Waals surface area contributed by atoms with Crippen LogP contribution in [0, 0.1) is 17.3 Å². The molecular weight excluding hydrogens is 266 g/mol. The van der Waals surface area contributed by atoms with E-state index in [1.54, 1.807) is 0 Å². The van der Waals surface area contributed by atoms with Crippen LogP contribution in [0.2, 0.25) is 0 Å². The van der Waals surface area contributed by atoms with Gasteiger partial charge < -0.3 is 5.32 Å². The lowest BCUT2D eigenvalue weighted by Crippen LogP contribution is -2.40. The summed E-state index contributed by atoms with van der Waals surface area (Å²) in [5, 5.41) is 4.05. The molecular formula is C17H29NOS. The molecule has 0 spiro atoms. The normalized spacial score (nSPS) is 35.2. The molecule has 2 rings (SSSR count). The van der Waals surface area contributed by atoms with E-state index in [2.05, 4.69) is 45.3 Å². The Morgan fingerprint density at radius 3 is 2.60 bits per heavy atom. The minimum Gasteiger partial charge on any atom is -0.353 e. The minimum absolute atomic E-state index is 0.134. The Balaban J connectivity index is 1.91. The maximum absolute atomic E-state index is 12.5. The first kappa shape index (κ1) is 15.9. The minimum atomic E-state index is 0.134. The number of nitrogens with one attached hydrogen (secondary N) is 1. The SMILES string of the molecule is CS[C@@H]1CCC[C@H](NC(=O)[C@@H]2[C@H](C=C(C)C)C2(C)C)C1. The van der Waals surface area contributed by atoms with E-state index in [1.807, 2.05) is 11.8 Å². The Morgan fingerprint density at radius 2 is 2.00 bits per heavy atom. The summed E-state index contributed by atoms with van der Waals surface area (Å²) in [7, 11) is 0. The summed E-state index contributed by atoms with van der Waals surface area (Å²) in [6, 6.07) is 0.400. The molecule has 0 heterocycles. The molecule has 2 saturated carbocycles. The van der Waals surface area contributed by atoms with Gasteiger partial charge in [0, 0.05) is 11.3 Å². The van der Waals surface area contributed by atoms with Crippen LogP contribution >= 0.6 is 11.8 Å². The molecule has 0 bridgehead atoms. The number of carbonyl (C=O) groups is 1. The fourth-order valence-electron chi connectivity index (χ4n) is 3.63. The first-order valence-corrected chi connectivity index (χ1v) is 9.13. The maximum atomic E-state index is 12.5. The summed E-state index contributed by atoms with van der Waals surface area (Å²) >= 11 is 1.95. The van der Waals surface area contributed by atoms with Crippen molar-refractivity contribution in [2.24, 2.45) is 17.3 Å². The van der Waals surface area contributed by atoms with Gasteiger partial charge in [0.05, 0.1) is 5.92 Å². The van der Waals surface area contributed by atoms with Crippen molar-refractivity contribution in [3.8, 4) is 0 Å². The fourth-order valence-corrected chi connectivity index (χ4v) is 4.46. The van der Waals surface area contributed by atoms with Crippen LogP contribution in [0.1, 0.15) is 53.4 Å². The zero-order valence-corrected chi connectivity index (χ0v) is 14.3. The van der Waals surface area contributed by atoms with Gasteiger partial charge in [0.1, 0.15) is 0 Å². The number of thioether (sulfide) groups is 1. The van der Waals surface area contributed by atoms with Gasteiger partial charge in [-0.05, 0) is 50.7 Å². The summed E-state index contributed by atoms with van der Waals surface area (Å²) < 4.78 is 0. The average Bonchev–Trinajstić information content (AvgIpc) is 2.90. The number of allylic oxidation sites excluding steroid dienone is 2.